The molecule has 0 saturated heterocycles. The van der Waals surface area contributed by atoms with Crippen molar-refractivity contribution in [3.63, 3.8) is 0 Å². The van der Waals surface area contributed by atoms with Crippen molar-refractivity contribution in [3.05, 3.63) is 0 Å². The fourth-order valence-electron chi connectivity index (χ4n) is 0. The summed E-state index contributed by atoms with van der Waals surface area (Å²) in [6.07, 6.45) is -1.83. The Balaban J connectivity index is 0. The molecule has 0 bridgehead atoms. The molecule has 0 saturated carbocycles. The smallest absolute Gasteiger partial charge is 0.450 e. The average Bonchev–Trinajstić information content (AvgIpc) is 1.19. The third-order valence-corrected chi connectivity index (χ3v) is 0. The van der Waals surface area contributed by atoms with Crippen LogP contribution in [0.15, 0.2) is 0 Å². The van der Waals surface area contributed by atoms with Crippen molar-refractivity contribution in [2.45, 2.75) is 0 Å². The molecular formula is CH5O6PS. The number of rotatable bonds is 0. The van der Waals surface area contributed by atoms with Crippen LogP contribution in [-0.4, -0.2) is 31.0 Å². The Morgan fingerprint density at radius 2 is 1.22 bits per heavy atom. The maximum atomic E-state index is 8.56. The van der Waals surface area contributed by atoms with Crippen LogP contribution in [0.5, 0.6) is 0 Å². The highest BCUT2D eigenvalue weighted by molar-refractivity contribution is 8.06. The lowest BCUT2D eigenvalue weighted by atomic mass is 11.5. The van der Waals surface area contributed by atoms with E-state index in [9.17, 15) is 0 Å². The van der Waals surface area contributed by atoms with Gasteiger partial charge >= 0.3 is 12.9 Å². The molecule has 0 aliphatic heterocycles. The highest BCUT2D eigenvalue weighted by atomic mass is 32.5. The van der Waals surface area contributed by atoms with Gasteiger partial charge in [-0.15, -0.1) is 0 Å². The first-order chi connectivity index (χ1) is 3.73. The summed E-state index contributed by atoms with van der Waals surface area (Å²) in [6, 6.07) is 0. The summed E-state index contributed by atoms with van der Waals surface area (Å²) in [6.45, 7) is -3.81. The zero-order chi connectivity index (χ0) is 8.08. The quantitative estimate of drug-likeness (QED) is 0.313. The molecule has 0 aromatic rings. The van der Waals surface area contributed by atoms with Gasteiger partial charge in [-0.05, 0) is 11.8 Å². The first-order valence-corrected chi connectivity index (χ1v) is 4.09. The van der Waals surface area contributed by atoms with Crippen molar-refractivity contribution >= 4 is 24.7 Å². The standard InChI is InChI=1S/CH2O3.H3O3PS/c2-1(3)4;1-4(2,3)5/h(H2,2,3,4);(H3,1,2,3,5). The third kappa shape index (κ3) is 6560. The van der Waals surface area contributed by atoms with Crippen LogP contribution in [0.1, 0.15) is 0 Å². The summed E-state index contributed by atoms with van der Waals surface area (Å²) in [5, 5.41) is 13.9. The number of hydrogen-bond donors (Lipinski definition) is 5. The van der Waals surface area contributed by atoms with Crippen LogP contribution in [-0.2, 0) is 11.8 Å². The molecule has 8 heteroatoms. The third-order valence-electron chi connectivity index (χ3n) is 0. The summed E-state index contributed by atoms with van der Waals surface area (Å²) in [7, 11) is 0. The predicted octanol–water partition coefficient (Wildman–Crippen LogP) is -0.590. The van der Waals surface area contributed by atoms with Gasteiger partial charge in [0.15, 0.2) is 0 Å². The Kier molecular flexibility index (Phi) is 5.99. The lowest BCUT2D eigenvalue weighted by Gasteiger charge is -1.88. The van der Waals surface area contributed by atoms with Crippen molar-refractivity contribution in [2.75, 3.05) is 0 Å². The molecule has 0 rings (SSSR count). The molecule has 56 valence electrons. The van der Waals surface area contributed by atoms with Gasteiger partial charge in [-0.2, -0.15) is 0 Å². The van der Waals surface area contributed by atoms with Crippen molar-refractivity contribution < 1.29 is 29.7 Å². The molecule has 5 N–H and O–H groups in total. The second kappa shape index (κ2) is 4.66. The van der Waals surface area contributed by atoms with Crippen molar-refractivity contribution in [3.8, 4) is 0 Å². The topological polar surface area (TPSA) is 118 Å². The molecule has 0 unspecified atom stereocenters. The van der Waals surface area contributed by atoms with Crippen molar-refractivity contribution in [1.82, 2.24) is 0 Å². The monoisotopic (exact) mass is 176 g/mol. The molecule has 0 spiro atoms. The van der Waals surface area contributed by atoms with E-state index in [4.69, 9.17) is 29.7 Å². The van der Waals surface area contributed by atoms with Crippen LogP contribution in [0.3, 0.4) is 0 Å². The lowest BCUT2D eigenvalue weighted by Crippen LogP contribution is -1.81. The second-order valence-corrected chi connectivity index (χ2v) is 3.29. The predicted molar refractivity (Wildman–Crippen MR) is 31.6 cm³/mol. The number of carboxylic acid groups (broad SMARTS) is 2. The molecule has 9 heavy (non-hydrogen) atoms. The van der Waals surface area contributed by atoms with Crippen molar-refractivity contribution in [1.29, 1.82) is 0 Å². The van der Waals surface area contributed by atoms with E-state index < -0.39 is 12.9 Å². The molecule has 0 radical (unpaired) electrons. The Morgan fingerprint density at radius 3 is 1.22 bits per heavy atom. The van der Waals surface area contributed by atoms with Crippen LogP contribution in [0.2, 0.25) is 0 Å². The summed E-state index contributed by atoms with van der Waals surface area (Å²) in [5.74, 6) is 0. The zero-order valence-electron chi connectivity index (χ0n) is 4.00. The molecule has 0 atom stereocenters. The molecule has 0 amide bonds. The van der Waals surface area contributed by atoms with Gasteiger partial charge in [0, 0.05) is 0 Å². The van der Waals surface area contributed by atoms with E-state index in [1.165, 1.54) is 0 Å². The molecule has 0 aromatic carbocycles. The molecular weight excluding hydrogens is 171 g/mol. The van der Waals surface area contributed by atoms with Crippen LogP contribution in [0, 0.1) is 0 Å². The summed E-state index contributed by atoms with van der Waals surface area (Å²) in [5.41, 5.74) is 0. The highest BCUT2D eigenvalue weighted by Crippen LogP contribution is 2.26. The van der Waals surface area contributed by atoms with Gasteiger partial charge in [0.05, 0.1) is 0 Å². The lowest BCUT2D eigenvalue weighted by molar-refractivity contribution is 0.137. The van der Waals surface area contributed by atoms with Gasteiger partial charge in [0.2, 0.25) is 0 Å². The highest BCUT2D eigenvalue weighted by Gasteiger charge is 1.92. The minimum Gasteiger partial charge on any atom is -0.450 e. The molecule has 0 fully saturated rings. The Morgan fingerprint density at radius 1 is 1.22 bits per heavy atom. The van der Waals surface area contributed by atoms with Crippen molar-refractivity contribution in [2.24, 2.45) is 0 Å². The normalized spacial score (nSPS) is 9.22. The van der Waals surface area contributed by atoms with E-state index in [1.807, 2.05) is 0 Å². The van der Waals surface area contributed by atoms with E-state index in [0.29, 0.717) is 0 Å². The number of carbonyl (C=O) groups is 1. The Bertz CT molecular complexity index is 113. The molecule has 0 aliphatic carbocycles. The van der Waals surface area contributed by atoms with Crippen LogP contribution in [0.4, 0.5) is 4.79 Å². The van der Waals surface area contributed by atoms with Gasteiger partial charge in [-0.1, -0.05) is 0 Å². The van der Waals surface area contributed by atoms with Crippen LogP contribution >= 0.6 is 6.72 Å². The van der Waals surface area contributed by atoms with Gasteiger partial charge in [0.25, 0.3) is 0 Å². The molecule has 6 nitrogen and oxygen atoms in total. The fourth-order valence-corrected chi connectivity index (χ4v) is 0. The fraction of sp³-hybridized carbons (Fsp3) is 0. The number of hydrogen-bond acceptors (Lipinski definition) is 2. The summed E-state index contributed by atoms with van der Waals surface area (Å²) < 4.78 is 0. The van der Waals surface area contributed by atoms with E-state index in [-0.39, 0.29) is 0 Å². The zero-order valence-corrected chi connectivity index (χ0v) is 5.71. The van der Waals surface area contributed by atoms with E-state index >= 15 is 0 Å². The Labute approximate surface area is 55.3 Å². The van der Waals surface area contributed by atoms with E-state index in [2.05, 4.69) is 11.8 Å². The minimum atomic E-state index is -3.81. The summed E-state index contributed by atoms with van der Waals surface area (Å²) >= 11 is 3.60. The van der Waals surface area contributed by atoms with Gasteiger partial charge in [-0.25, -0.2) is 4.79 Å². The minimum absolute atomic E-state index is 1.83. The molecule has 0 aliphatic rings. The maximum absolute atomic E-state index is 8.56. The van der Waals surface area contributed by atoms with Crippen LogP contribution in [0.25, 0.3) is 0 Å². The first-order valence-electron chi connectivity index (χ1n) is 1.43. The Hall–Kier alpha value is -0.200. The SMILES string of the molecule is O=C(O)O.OP(O)(O)=S. The van der Waals surface area contributed by atoms with E-state index in [0.717, 1.165) is 0 Å². The second-order valence-electron chi connectivity index (χ2n) is 0.796. The molecule has 0 aromatic heterocycles. The maximum Gasteiger partial charge on any atom is 0.503 e. The summed E-state index contributed by atoms with van der Waals surface area (Å²) in [4.78, 5) is 31.2. The van der Waals surface area contributed by atoms with E-state index in [1.54, 1.807) is 0 Å². The van der Waals surface area contributed by atoms with Gasteiger partial charge in [-0.3, -0.25) is 0 Å². The van der Waals surface area contributed by atoms with Gasteiger partial charge < -0.3 is 24.9 Å². The average molecular weight is 176 g/mol. The van der Waals surface area contributed by atoms with Gasteiger partial charge in [0.1, 0.15) is 0 Å². The van der Waals surface area contributed by atoms with Crippen LogP contribution < -0.4 is 0 Å². The molecule has 0 heterocycles. The largest absolute Gasteiger partial charge is 0.503 e. The first kappa shape index (κ1) is 11.6.